The number of amides is 2. The van der Waals surface area contributed by atoms with Crippen molar-refractivity contribution >= 4 is 51.8 Å². The maximum atomic E-state index is 14.0. The van der Waals surface area contributed by atoms with E-state index in [1.165, 1.54) is 0 Å². The topological polar surface area (TPSA) is 133 Å². The third-order valence-electron chi connectivity index (χ3n) is 6.53. The van der Waals surface area contributed by atoms with Gasteiger partial charge in [0.15, 0.2) is 0 Å². The number of aliphatic carboxylic acids is 2. The first-order valence-electron chi connectivity index (χ1n) is 12.8. The van der Waals surface area contributed by atoms with Crippen LogP contribution < -0.4 is 10.2 Å². The Balaban J connectivity index is 1.81. The van der Waals surface area contributed by atoms with Crippen molar-refractivity contribution in [3.63, 3.8) is 0 Å². The molecule has 2 unspecified atom stereocenters. The van der Waals surface area contributed by atoms with Crippen molar-refractivity contribution in [2.24, 2.45) is 5.41 Å². The van der Waals surface area contributed by atoms with E-state index in [9.17, 15) is 24.3 Å². The molecule has 0 aliphatic carbocycles. The van der Waals surface area contributed by atoms with Crippen LogP contribution in [0.4, 0.5) is 5.69 Å². The third kappa shape index (κ3) is 6.60. The largest absolute Gasteiger partial charge is 0.481 e. The number of nitrogens with zero attached hydrogens (tertiary/aromatic N) is 1. The fourth-order valence-electron chi connectivity index (χ4n) is 4.86. The number of benzene rings is 3. The van der Waals surface area contributed by atoms with Gasteiger partial charge in [0.1, 0.15) is 18.2 Å². The molecule has 10 heteroatoms. The Morgan fingerprint density at radius 3 is 2.40 bits per heavy atom. The highest BCUT2D eigenvalue weighted by atomic mass is 35.5. The van der Waals surface area contributed by atoms with Crippen LogP contribution >= 0.6 is 11.6 Å². The van der Waals surface area contributed by atoms with E-state index >= 15 is 0 Å². The Kier molecular flexibility index (Phi) is 8.46. The summed E-state index contributed by atoms with van der Waals surface area (Å²) in [6, 6.07) is 17.0. The summed E-state index contributed by atoms with van der Waals surface area (Å²) in [7, 11) is 0. The molecule has 3 aromatic carbocycles. The molecule has 0 aromatic heterocycles. The van der Waals surface area contributed by atoms with Crippen LogP contribution in [0.15, 0.2) is 60.7 Å². The molecule has 0 radical (unpaired) electrons. The van der Waals surface area contributed by atoms with Gasteiger partial charge >= 0.3 is 11.9 Å². The average molecular weight is 567 g/mol. The second-order valence-corrected chi connectivity index (χ2v) is 11.5. The summed E-state index contributed by atoms with van der Waals surface area (Å²) in [6.07, 6.45) is -3.40. The van der Waals surface area contributed by atoms with Crippen molar-refractivity contribution in [3.05, 3.63) is 76.8 Å². The van der Waals surface area contributed by atoms with Gasteiger partial charge in [-0.3, -0.25) is 14.4 Å². The molecule has 0 spiro atoms. The first kappa shape index (κ1) is 29.0. The van der Waals surface area contributed by atoms with Crippen molar-refractivity contribution < 1.29 is 34.1 Å². The van der Waals surface area contributed by atoms with E-state index in [4.69, 9.17) is 21.4 Å². The number of carboxylic acids is 2. The van der Waals surface area contributed by atoms with E-state index in [-0.39, 0.29) is 5.41 Å². The van der Waals surface area contributed by atoms with Gasteiger partial charge in [-0.1, -0.05) is 74.8 Å². The Hall–Kier alpha value is -3.95. The molecule has 0 fully saturated rings. The van der Waals surface area contributed by atoms with Crippen LogP contribution in [0.5, 0.6) is 0 Å². The first-order valence-corrected chi connectivity index (χ1v) is 13.2. The van der Waals surface area contributed by atoms with Crippen molar-refractivity contribution in [2.75, 3.05) is 11.4 Å². The second kappa shape index (κ2) is 11.7. The molecule has 9 nitrogen and oxygen atoms in total. The fourth-order valence-corrected chi connectivity index (χ4v) is 5.04. The molecule has 4 rings (SSSR count). The third-order valence-corrected chi connectivity index (χ3v) is 6.76. The number of fused-ring (bicyclic) bond motifs is 2. The van der Waals surface area contributed by atoms with Gasteiger partial charge < -0.3 is 25.2 Å². The Morgan fingerprint density at radius 1 is 1.02 bits per heavy atom. The Labute approximate surface area is 236 Å². The zero-order valence-electron chi connectivity index (χ0n) is 22.4. The van der Waals surface area contributed by atoms with E-state index in [1.54, 1.807) is 23.1 Å². The van der Waals surface area contributed by atoms with Gasteiger partial charge in [-0.2, -0.15) is 0 Å². The minimum atomic E-state index is -1.65. The van der Waals surface area contributed by atoms with Gasteiger partial charge in [-0.15, -0.1) is 0 Å². The molecule has 3 atom stereocenters. The molecule has 1 heterocycles. The predicted octanol–water partition coefficient (Wildman–Crippen LogP) is 4.79. The standard InChI is InChI=1S/C30H31ClN2O7/c1-30(2,3)16-33-23-12-11-18(31)13-21(23)27(20-10-6-8-17-7-4-5-9-19(17)20)40-24(28(33)37)15-25(34)32-22(29(38)39)14-26(35)36/h4-13,22,24,27H,14-16H2,1-3H3,(H,32,34)(H,35,36)(H,38,39)/t22-,24?,27?/m0/s1. The van der Waals surface area contributed by atoms with Crippen molar-refractivity contribution in [1.82, 2.24) is 5.32 Å². The van der Waals surface area contributed by atoms with E-state index < -0.39 is 54.8 Å². The van der Waals surface area contributed by atoms with E-state index in [0.29, 0.717) is 22.8 Å². The average Bonchev–Trinajstić information content (AvgIpc) is 2.97. The van der Waals surface area contributed by atoms with E-state index in [1.807, 2.05) is 63.2 Å². The predicted molar refractivity (Wildman–Crippen MR) is 150 cm³/mol. The van der Waals surface area contributed by atoms with Crippen LogP contribution in [0.1, 0.15) is 50.8 Å². The molecule has 1 aliphatic heterocycles. The number of halogens is 1. The number of carboxylic acid groups (broad SMARTS) is 2. The van der Waals surface area contributed by atoms with Crippen LogP contribution in [-0.2, 0) is 23.9 Å². The minimum Gasteiger partial charge on any atom is -0.481 e. The molecule has 0 saturated carbocycles. The van der Waals surface area contributed by atoms with E-state index in [0.717, 1.165) is 16.3 Å². The number of carbonyl (C=O) groups excluding carboxylic acids is 2. The lowest BCUT2D eigenvalue weighted by atomic mass is 9.93. The molecule has 210 valence electrons. The van der Waals surface area contributed by atoms with Crippen molar-refractivity contribution in [1.29, 1.82) is 0 Å². The smallest absolute Gasteiger partial charge is 0.326 e. The zero-order chi connectivity index (χ0) is 29.2. The van der Waals surface area contributed by atoms with Crippen LogP contribution in [0.25, 0.3) is 10.8 Å². The second-order valence-electron chi connectivity index (χ2n) is 11.0. The number of carbonyl (C=O) groups is 4. The van der Waals surface area contributed by atoms with Crippen molar-refractivity contribution in [3.8, 4) is 0 Å². The monoisotopic (exact) mass is 566 g/mol. The molecule has 3 aromatic rings. The summed E-state index contributed by atoms with van der Waals surface area (Å²) in [5, 5.41) is 23.0. The van der Waals surface area contributed by atoms with Gasteiger partial charge in [0.05, 0.1) is 12.8 Å². The highest BCUT2D eigenvalue weighted by molar-refractivity contribution is 6.30. The maximum absolute atomic E-state index is 14.0. The van der Waals surface area contributed by atoms with Crippen LogP contribution in [-0.4, -0.2) is 52.7 Å². The maximum Gasteiger partial charge on any atom is 0.326 e. The molecular formula is C30H31ClN2O7. The minimum absolute atomic E-state index is 0.307. The van der Waals surface area contributed by atoms with Gasteiger partial charge in [-0.25, -0.2) is 4.79 Å². The molecular weight excluding hydrogens is 536 g/mol. The SMILES string of the molecule is CC(C)(C)CN1C(=O)C(CC(=O)N[C@@H](CC(=O)O)C(=O)O)OC(c2cccc3ccccc23)c2cc(Cl)ccc21. The zero-order valence-corrected chi connectivity index (χ0v) is 23.1. The molecule has 0 saturated heterocycles. The fraction of sp³-hybridized carbons (Fsp3) is 0.333. The molecule has 0 bridgehead atoms. The van der Waals surface area contributed by atoms with E-state index in [2.05, 4.69) is 5.32 Å². The Bertz CT molecular complexity index is 1460. The lowest BCUT2D eigenvalue weighted by Gasteiger charge is -2.31. The highest BCUT2D eigenvalue weighted by Crippen LogP contribution is 2.42. The number of ether oxygens (including phenoxy) is 1. The number of rotatable bonds is 8. The summed E-state index contributed by atoms with van der Waals surface area (Å²) < 4.78 is 6.46. The summed E-state index contributed by atoms with van der Waals surface area (Å²) in [5.41, 5.74) is 1.69. The van der Waals surface area contributed by atoms with Gasteiger partial charge in [-0.05, 0) is 39.9 Å². The first-order chi connectivity index (χ1) is 18.8. The summed E-state index contributed by atoms with van der Waals surface area (Å²) in [5.74, 6) is -4.16. The number of nitrogens with one attached hydrogen (secondary N) is 1. The molecule has 1 aliphatic rings. The number of hydrogen-bond acceptors (Lipinski definition) is 5. The van der Waals surface area contributed by atoms with Crippen LogP contribution in [0, 0.1) is 5.41 Å². The summed E-state index contributed by atoms with van der Waals surface area (Å²) in [4.78, 5) is 51.3. The summed E-state index contributed by atoms with van der Waals surface area (Å²) in [6.45, 7) is 6.25. The molecule has 3 N–H and O–H groups in total. The number of hydrogen-bond donors (Lipinski definition) is 3. The van der Waals surface area contributed by atoms with Crippen LogP contribution in [0.2, 0.25) is 5.02 Å². The highest BCUT2D eigenvalue weighted by Gasteiger charge is 2.40. The quantitative estimate of drug-likeness (QED) is 0.357. The molecule has 2 amide bonds. The number of anilines is 1. The lowest BCUT2D eigenvalue weighted by molar-refractivity contribution is -0.148. The normalized spacial score (nSPS) is 18.1. The lowest BCUT2D eigenvalue weighted by Crippen LogP contribution is -2.47. The van der Waals surface area contributed by atoms with Crippen LogP contribution in [0.3, 0.4) is 0 Å². The molecule has 40 heavy (non-hydrogen) atoms. The summed E-state index contributed by atoms with van der Waals surface area (Å²) >= 11 is 6.44. The van der Waals surface area contributed by atoms with Gasteiger partial charge in [0.25, 0.3) is 5.91 Å². The van der Waals surface area contributed by atoms with Crippen molar-refractivity contribution in [2.45, 2.75) is 51.9 Å². The van der Waals surface area contributed by atoms with Gasteiger partial charge in [0, 0.05) is 22.8 Å². The van der Waals surface area contributed by atoms with Gasteiger partial charge in [0.2, 0.25) is 5.91 Å². The Morgan fingerprint density at radius 2 is 1.73 bits per heavy atom.